The molecule has 2 nitrogen and oxygen atoms in total. The Hall–Kier alpha value is -1.35. The van der Waals surface area contributed by atoms with Gasteiger partial charge in [-0.15, -0.1) is 0 Å². The van der Waals surface area contributed by atoms with Crippen LogP contribution >= 0.6 is 15.9 Å². The number of pyridine rings is 1. The number of aromatic nitrogens is 1. The van der Waals surface area contributed by atoms with Crippen molar-refractivity contribution < 1.29 is 0 Å². The second-order valence-electron chi connectivity index (χ2n) is 3.62. The van der Waals surface area contributed by atoms with E-state index in [1.807, 2.05) is 36.4 Å². The molecule has 0 radical (unpaired) electrons. The molecule has 0 aliphatic rings. The SMILES string of the molecule is CC(Nc1cccc(Br)n1)c1ccccc1. The van der Waals surface area contributed by atoms with E-state index in [1.165, 1.54) is 5.56 Å². The fourth-order valence-electron chi connectivity index (χ4n) is 1.54. The summed E-state index contributed by atoms with van der Waals surface area (Å²) in [6, 6.07) is 16.4. The van der Waals surface area contributed by atoms with Crippen LogP contribution in [0.25, 0.3) is 0 Å². The Labute approximate surface area is 104 Å². The molecule has 0 amide bonds. The van der Waals surface area contributed by atoms with Gasteiger partial charge < -0.3 is 5.32 Å². The van der Waals surface area contributed by atoms with Gasteiger partial charge in [-0.1, -0.05) is 36.4 Å². The van der Waals surface area contributed by atoms with Crippen LogP contribution in [0.1, 0.15) is 18.5 Å². The molecule has 82 valence electrons. The fraction of sp³-hybridized carbons (Fsp3) is 0.154. The highest BCUT2D eigenvalue weighted by molar-refractivity contribution is 9.10. The number of hydrogen-bond donors (Lipinski definition) is 1. The van der Waals surface area contributed by atoms with Gasteiger partial charge in [0, 0.05) is 6.04 Å². The number of nitrogens with zero attached hydrogens (tertiary/aromatic N) is 1. The first-order valence-electron chi connectivity index (χ1n) is 5.20. The molecule has 1 aromatic carbocycles. The number of halogens is 1. The molecule has 1 unspecified atom stereocenters. The van der Waals surface area contributed by atoms with E-state index < -0.39 is 0 Å². The molecule has 0 fully saturated rings. The largest absolute Gasteiger partial charge is 0.364 e. The zero-order valence-corrected chi connectivity index (χ0v) is 10.6. The summed E-state index contributed by atoms with van der Waals surface area (Å²) in [5.74, 6) is 0.880. The number of rotatable bonds is 3. The monoisotopic (exact) mass is 276 g/mol. The molecule has 0 aliphatic carbocycles. The number of nitrogens with one attached hydrogen (secondary N) is 1. The first kappa shape index (κ1) is 11.1. The van der Waals surface area contributed by atoms with Crippen LogP contribution in [0.4, 0.5) is 5.82 Å². The van der Waals surface area contributed by atoms with Crippen molar-refractivity contribution in [3.05, 3.63) is 58.7 Å². The van der Waals surface area contributed by atoms with Crippen molar-refractivity contribution in [2.24, 2.45) is 0 Å². The maximum Gasteiger partial charge on any atom is 0.127 e. The molecule has 2 rings (SSSR count). The predicted molar refractivity (Wildman–Crippen MR) is 70.4 cm³/mol. The summed E-state index contributed by atoms with van der Waals surface area (Å²) in [7, 11) is 0. The lowest BCUT2D eigenvalue weighted by Crippen LogP contribution is -2.07. The van der Waals surface area contributed by atoms with Crippen molar-refractivity contribution in [3.8, 4) is 0 Å². The third-order valence-electron chi connectivity index (χ3n) is 2.38. The average molecular weight is 277 g/mol. The highest BCUT2D eigenvalue weighted by Crippen LogP contribution is 2.18. The van der Waals surface area contributed by atoms with Gasteiger partial charge in [-0.05, 0) is 40.5 Å². The molecule has 0 aliphatic heterocycles. The van der Waals surface area contributed by atoms with Gasteiger partial charge in [0.05, 0.1) is 0 Å². The summed E-state index contributed by atoms with van der Waals surface area (Å²) >= 11 is 3.36. The zero-order chi connectivity index (χ0) is 11.4. The lowest BCUT2D eigenvalue weighted by Gasteiger charge is -2.14. The van der Waals surface area contributed by atoms with Crippen molar-refractivity contribution in [2.75, 3.05) is 5.32 Å². The summed E-state index contributed by atoms with van der Waals surface area (Å²) in [5, 5.41) is 3.36. The van der Waals surface area contributed by atoms with Crippen molar-refractivity contribution in [1.82, 2.24) is 4.98 Å². The predicted octanol–water partition coefficient (Wildman–Crippen LogP) is 4.02. The first-order valence-corrected chi connectivity index (χ1v) is 5.99. The van der Waals surface area contributed by atoms with Crippen LogP contribution in [-0.4, -0.2) is 4.98 Å². The van der Waals surface area contributed by atoms with Crippen LogP contribution in [0.2, 0.25) is 0 Å². The molecular formula is C13H13BrN2. The van der Waals surface area contributed by atoms with E-state index >= 15 is 0 Å². The number of benzene rings is 1. The molecule has 1 atom stereocenters. The van der Waals surface area contributed by atoms with Gasteiger partial charge in [0.25, 0.3) is 0 Å². The van der Waals surface area contributed by atoms with Gasteiger partial charge in [-0.25, -0.2) is 4.98 Å². The molecule has 1 heterocycles. The minimum Gasteiger partial charge on any atom is -0.364 e. The van der Waals surface area contributed by atoms with Crippen molar-refractivity contribution in [1.29, 1.82) is 0 Å². The topological polar surface area (TPSA) is 24.9 Å². The Kier molecular flexibility index (Phi) is 3.57. The molecule has 0 bridgehead atoms. The van der Waals surface area contributed by atoms with Crippen molar-refractivity contribution in [2.45, 2.75) is 13.0 Å². The lowest BCUT2D eigenvalue weighted by molar-refractivity contribution is 0.873. The number of hydrogen-bond acceptors (Lipinski definition) is 2. The van der Waals surface area contributed by atoms with Crippen molar-refractivity contribution >= 4 is 21.7 Å². The molecule has 3 heteroatoms. The Morgan fingerprint density at radius 1 is 1.06 bits per heavy atom. The molecule has 1 aromatic heterocycles. The third kappa shape index (κ3) is 2.83. The second-order valence-corrected chi connectivity index (χ2v) is 4.43. The van der Waals surface area contributed by atoms with Gasteiger partial charge in [-0.2, -0.15) is 0 Å². The lowest BCUT2D eigenvalue weighted by atomic mass is 10.1. The summed E-state index contributed by atoms with van der Waals surface area (Å²) in [6.45, 7) is 2.12. The Balaban J connectivity index is 2.11. The van der Waals surface area contributed by atoms with Crippen molar-refractivity contribution in [3.63, 3.8) is 0 Å². The summed E-state index contributed by atoms with van der Waals surface area (Å²) < 4.78 is 0.845. The van der Waals surface area contributed by atoms with Gasteiger partial charge in [0.1, 0.15) is 10.4 Å². The van der Waals surface area contributed by atoms with E-state index in [9.17, 15) is 0 Å². The quantitative estimate of drug-likeness (QED) is 0.857. The molecule has 2 aromatic rings. The van der Waals surface area contributed by atoms with E-state index in [0.717, 1.165) is 10.4 Å². The molecule has 0 saturated heterocycles. The van der Waals surface area contributed by atoms with Crippen LogP contribution in [0, 0.1) is 0 Å². The minimum atomic E-state index is 0.253. The van der Waals surface area contributed by atoms with E-state index in [0.29, 0.717) is 0 Å². The van der Waals surface area contributed by atoms with Crippen LogP contribution < -0.4 is 5.32 Å². The van der Waals surface area contributed by atoms with Crippen LogP contribution in [0.15, 0.2) is 53.1 Å². The second kappa shape index (κ2) is 5.12. The Morgan fingerprint density at radius 3 is 2.50 bits per heavy atom. The minimum absolute atomic E-state index is 0.253. The van der Waals surface area contributed by atoms with Gasteiger partial charge in [-0.3, -0.25) is 0 Å². The van der Waals surface area contributed by atoms with Crippen LogP contribution in [0.3, 0.4) is 0 Å². The van der Waals surface area contributed by atoms with Gasteiger partial charge in [0.2, 0.25) is 0 Å². The molecule has 0 saturated carbocycles. The summed E-state index contributed by atoms with van der Waals surface area (Å²) in [5.41, 5.74) is 1.25. The Bertz CT molecular complexity index is 456. The normalized spacial score (nSPS) is 12.1. The summed E-state index contributed by atoms with van der Waals surface area (Å²) in [6.07, 6.45) is 0. The van der Waals surface area contributed by atoms with Crippen LogP contribution in [-0.2, 0) is 0 Å². The van der Waals surface area contributed by atoms with E-state index in [2.05, 4.69) is 45.3 Å². The highest BCUT2D eigenvalue weighted by atomic mass is 79.9. The van der Waals surface area contributed by atoms with E-state index in [4.69, 9.17) is 0 Å². The highest BCUT2D eigenvalue weighted by Gasteiger charge is 2.04. The maximum atomic E-state index is 4.34. The van der Waals surface area contributed by atoms with Crippen LogP contribution in [0.5, 0.6) is 0 Å². The zero-order valence-electron chi connectivity index (χ0n) is 9.02. The number of anilines is 1. The molecule has 1 N–H and O–H groups in total. The molecule has 0 spiro atoms. The maximum absolute atomic E-state index is 4.34. The summed E-state index contributed by atoms with van der Waals surface area (Å²) in [4.78, 5) is 4.34. The van der Waals surface area contributed by atoms with E-state index in [1.54, 1.807) is 0 Å². The fourth-order valence-corrected chi connectivity index (χ4v) is 1.88. The van der Waals surface area contributed by atoms with Gasteiger partial charge >= 0.3 is 0 Å². The Morgan fingerprint density at radius 2 is 1.81 bits per heavy atom. The van der Waals surface area contributed by atoms with Gasteiger partial charge in [0.15, 0.2) is 0 Å². The average Bonchev–Trinajstić information content (AvgIpc) is 2.30. The van der Waals surface area contributed by atoms with E-state index in [-0.39, 0.29) is 6.04 Å². The first-order chi connectivity index (χ1) is 7.75. The third-order valence-corrected chi connectivity index (χ3v) is 2.82. The molecular weight excluding hydrogens is 264 g/mol. The molecule has 16 heavy (non-hydrogen) atoms. The smallest absolute Gasteiger partial charge is 0.127 e. The standard InChI is InChI=1S/C13H13BrN2/c1-10(11-6-3-2-4-7-11)15-13-9-5-8-12(14)16-13/h2-10H,1H3,(H,15,16).